The predicted octanol–water partition coefficient (Wildman–Crippen LogP) is 3.10. The summed E-state index contributed by atoms with van der Waals surface area (Å²) in [5.41, 5.74) is 2.02. The number of nitrogens with zero attached hydrogens (tertiary/aromatic N) is 1. The molecule has 0 aromatic heterocycles. The van der Waals surface area contributed by atoms with Crippen molar-refractivity contribution in [2.45, 2.75) is 13.5 Å². The first kappa shape index (κ1) is 13.6. The van der Waals surface area contributed by atoms with Crippen LogP contribution in [0.5, 0.6) is 5.75 Å². The van der Waals surface area contributed by atoms with Crippen LogP contribution in [-0.4, -0.2) is 5.91 Å². The molecule has 1 N–H and O–H groups in total. The number of nitriles is 1. The molecule has 0 radical (unpaired) electrons. The summed E-state index contributed by atoms with van der Waals surface area (Å²) in [6.45, 7) is 1.72. The minimum Gasteiger partial charge on any atom is -0.487 e. The minimum absolute atomic E-state index is 0.154. The minimum atomic E-state index is -0.154. The van der Waals surface area contributed by atoms with Gasteiger partial charge in [-0.3, -0.25) is 4.79 Å². The van der Waals surface area contributed by atoms with E-state index in [-0.39, 0.29) is 12.5 Å². The second-order valence-electron chi connectivity index (χ2n) is 4.23. The summed E-state index contributed by atoms with van der Waals surface area (Å²) in [4.78, 5) is 11.1. The summed E-state index contributed by atoms with van der Waals surface area (Å²) in [6.07, 6.45) is 0. The molecule has 2 rings (SSSR count). The third-order valence-corrected chi connectivity index (χ3v) is 2.72. The molecular formula is C16H14N2O2. The van der Waals surface area contributed by atoms with Gasteiger partial charge in [0, 0.05) is 12.5 Å². The number of para-hydroxylation sites is 2. The fraction of sp³-hybridized carbons (Fsp3) is 0.125. The number of amides is 1. The van der Waals surface area contributed by atoms with E-state index in [2.05, 4.69) is 11.4 Å². The van der Waals surface area contributed by atoms with Crippen molar-refractivity contribution in [3.63, 3.8) is 0 Å². The van der Waals surface area contributed by atoms with Gasteiger partial charge in [-0.15, -0.1) is 0 Å². The van der Waals surface area contributed by atoms with Crippen LogP contribution in [0.4, 0.5) is 5.69 Å². The van der Waals surface area contributed by atoms with Crippen molar-refractivity contribution in [1.82, 2.24) is 0 Å². The normalized spacial score (nSPS) is 9.60. The Balaban J connectivity index is 2.15. The molecule has 20 heavy (non-hydrogen) atoms. The number of hydrogen-bond acceptors (Lipinski definition) is 3. The molecule has 2 aromatic carbocycles. The molecule has 0 saturated carbocycles. The Bertz CT molecular complexity index is 660. The lowest BCUT2D eigenvalue weighted by Gasteiger charge is -2.12. The first-order valence-corrected chi connectivity index (χ1v) is 6.18. The lowest BCUT2D eigenvalue weighted by molar-refractivity contribution is -0.114. The van der Waals surface area contributed by atoms with Gasteiger partial charge in [-0.05, 0) is 18.2 Å². The Morgan fingerprint density at radius 3 is 2.65 bits per heavy atom. The highest BCUT2D eigenvalue weighted by Crippen LogP contribution is 2.25. The standard InChI is InChI=1S/C16H14N2O2/c1-12(19)18-15-8-4-5-9-16(15)20-11-14-7-3-2-6-13(14)10-17/h2-9H,11H2,1H3,(H,18,19). The smallest absolute Gasteiger partial charge is 0.221 e. The largest absolute Gasteiger partial charge is 0.487 e. The number of carbonyl (C=O) groups is 1. The zero-order valence-corrected chi connectivity index (χ0v) is 11.1. The molecule has 0 spiro atoms. The predicted molar refractivity (Wildman–Crippen MR) is 76.2 cm³/mol. The van der Waals surface area contributed by atoms with Gasteiger partial charge in [0.15, 0.2) is 0 Å². The van der Waals surface area contributed by atoms with Crippen LogP contribution >= 0.6 is 0 Å². The van der Waals surface area contributed by atoms with Crippen LogP contribution in [0.25, 0.3) is 0 Å². The fourth-order valence-corrected chi connectivity index (χ4v) is 1.80. The van der Waals surface area contributed by atoms with Gasteiger partial charge < -0.3 is 10.1 Å². The van der Waals surface area contributed by atoms with Crippen LogP contribution < -0.4 is 10.1 Å². The van der Waals surface area contributed by atoms with Gasteiger partial charge in [0.1, 0.15) is 12.4 Å². The summed E-state index contributed by atoms with van der Waals surface area (Å²) >= 11 is 0. The van der Waals surface area contributed by atoms with Gasteiger partial charge in [-0.1, -0.05) is 30.3 Å². The molecule has 0 heterocycles. The summed E-state index contributed by atoms with van der Waals surface area (Å²) in [7, 11) is 0. The molecule has 0 fully saturated rings. The topological polar surface area (TPSA) is 62.1 Å². The molecule has 4 heteroatoms. The third-order valence-electron chi connectivity index (χ3n) is 2.72. The van der Waals surface area contributed by atoms with Crippen LogP contribution in [-0.2, 0) is 11.4 Å². The van der Waals surface area contributed by atoms with E-state index in [9.17, 15) is 4.79 Å². The zero-order chi connectivity index (χ0) is 14.4. The van der Waals surface area contributed by atoms with E-state index in [1.54, 1.807) is 18.2 Å². The van der Waals surface area contributed by atoms with E-state index in [0.29, 0.717) is 17.0 Å². The molecule has 0 saturated heterocycles. The van der Waals surface area contributed by atoms with Crippen molar-refractivity contribution < 1.29 is 9.53 Å². The lowest BCUT2D eigenvalue weighted by Crippen LogP contribution is -2.08. The van der Waals surface area contributed by atoms with Gasteiger partial charge in [0.25, 0.3) is 0 Å². The maximum atomic E-state index is 11.1. The van der Waals surface area contributed by atoms with Crippen molar-refractivity contribution in [2.75, 3.05) is 5.32 Å². The molecule has 0 aliphatic heterocycles. The van der Waals surface area contributed by atoms with E-state index in [4.69, 9.17) is 10.00 Å². The number of rotatable bonds is 4. The molecule has 2 aromatic rings. The van der Waals surface area contributed by atoms with Gasteiger partial charge >= 0.3 is 0 Å². The van der Waals surface area contributed by atoms with Crippen molar-refractivity contribution in [1.29, 1.82) is 5.26 Å². The van der Waals surface area contributed by atoms with Crippen LogP contribution in [0.1, 0.15) is 18.1 Å². The molecule has 0 aliphatic carbocycles. The van der Waals surface area contributed by atoms with Crippen molar-refractivity contribution in [2.24, 2.45) is 0 Å². The molecule has 4 nitrogen and oxygen atoms in total. The second-order valence-corrected chi connectivity index (χ2v) is 4.23. The zero-order valence-electron chi connectivity index (χ0n) is 11.1. The molecular weight excluding hydrogens is 252 g/mol. The van der Waals surface area contributed by atoms with Crippen LogP contribution in [0.2, 0.25) is 0 Å². The summed E-state index contributed by atoms with van der Waals surface area (Å²) in [6, 6.07) is 16.6. The molecule has 0 atom stereocenters. The van der Waals surface area contributed by atoms with Gasteiger partial charge in [0.05, 0.1) is 17.3 Å². The van der Waals surface area contributed by atoms with Crippen LogP contribution in [0.3, 0.4) is 0 Å². The average Bonchev–Trinajstić information content (AvgIpc) is 2.46. The number of hydrogen-bond donors (Lipinski definition) is 1. The second kappa shape index (κ2) is 6.39. The number of nitrogens with one attached hydrogen (secondary N) is 1. The van der Waals surface area contributed by atoms with E-state index in [0.717, 1.165) is 5.56 Å². The molecule has 0 aliphatic rings. The Morgan fingerprint density at radius 2 is 1.90 bits per heavy atom. The first-order chi connectivity index (χ1) is 9.70. The highest BCUT2D eigenvalue weighted by molar-refractivity contribution is 5.90. The fourth-order valence-electron chi connectivity index (χ4n) is 1.80. The van der Waals surface area contributed by atoms with E-state index in [1.807, 2.05) is 30.3 Å². The Morgan fingerprint density at radius 1 is 1.20 bits per heavy atom. The van der Waals surface area contributed by atoms with Crippen LogP contribution in [0, 0.1) is 11.3 Å². The highest BCUT2D eigenvalue weighted by Gasteiger charge is 2.06. The van der Waals surface area contributed by atoms with Gasteiger partial charge in [-0.25, -0.2) is 0 Å². The molecule has 0 unspecified atom stereocenters. The summed E-state index contributed by atoms with van der Waals surface area (Å²) in [5.74, 6) is 0.425. The van der Waals surface area contributed by atoms with E-state index in [1.165, 1.54) is 6.92 Å². The van der Waals surface area contributed by atoms with Gasteiger partial charge in [0.2, 0.25) is 5.91 Å². The van der Waals surface area contributed by atoms with E-state index >= 15 is 0 Å². The number of ether oxygens (including phenoxy) is 1. The summed E-state index contributed by atoms with van der Waals surface area (Å²) < 4.78 is 5.70. The average molecular weight is 266 g/mol. The monoisotopic (exact) mass is 266 g/mol. The SMILES string of the molecule is CC(=O)Nc1ccccc1OCc1ccccc1C#N. The molecule has 100 valence electrons. The van der Waals surface area contributed by atoms with Crippen LogP contribution in [0.15, 0.2) is 48.5 Å². The maximum absolute atomic E-state index is 11.1. The Hall–Kier alpha value is -2.80. The van der Waals surface area contributed by atoms with Crippen molar-refractivity contribution in [3.8, 4) is 11.8 Å². The number of benzene rings is 2. The number of carbonyl (C=O) groups excluding carboxylic acids is 1. The highest BCUT2D eigenvalue weighted by atomic mass is 16.5. The maximum Gasteiger partial charge on any atom is 0.221 e. The van der Waals surface area contributed by atoms with Crippen molar-refractivity contribution in [3.05, 3.63) is 59.7 Å². The van der Waals surface area contributed by atoms with E-state index < -0.39 is 0 Å². The first-order valence-electron chi connectivity index (χ1n) is 6.18. The third kappa shape index (κ3) is 3.36. The van der Waals surface area contributed by atoms with Crippen molar-refractivity contribution >= 4 is 11.6 Å². The Labute approximate surface area is 117 Å². The lowest BCUT2D eigenvalue weighted by atomic mass is 10.1. The summed E-state index contributed by atoms with van der Waals surface area (Å²) in [5, 5.41) is 11.7. The molecule has 0 bridgehead atoms. The van der Waals surface area contributed by atoms with Gasteiger partial charge in [-0.2, -0.15) is 5.26 Å². The quantitative estimate of drug-likeness (QED) is 0.924. The molecule has 1 amide bonds. The number of anilines is 1. The Kier molecular flexibility index (Phi) is 4.35.